The summed E-state index contributed by atoms with van der Waals surface area (Å²) < 4.78 is 0. The first-order chi connectivity index (χ1) is 4.83. The van der Waals surface area contributed by atoms with Gasteiger partial charge >= 0.3 is 0 Å². The van der Waals surface area contributed by atoms with Crippen molar-refractivity contribution in [2.24, 2.45) is 0 Å². The first-order valence-corrected chi connectivity index (χ1v) is 3.48. The van der Waals surface area contributed by atoms with Crippen LogP contribution >= 0.6 is 0 Å². The second kappa shape index (κ2) is 3.30. The molecule has 0 heterocycles. The molecule has 1 saturated carbocycles. The van der Waals surface area contributed by atoms with Gasteiger partial charge in [0.05, 0.1) is 0 Å². The van der Waals surface area contributed by atoms with E-state index in [1.54, 1.807) is 0 Å². The van der Waals surface area contributed by atoms with Crippen molar-refractivity contribution < 1.29 is 20.3 Å². The molecule has 0 aromatic carbocycles. The molecule has 60 valence electrons. The average Bonchev–Trinajstić information content (AvgIpc) is 2.06. The van der Waals surface area contributed by atoms with Crippen molar-refractivity contribution in [3.05, 3.63) is 0 Å². The normalized spacial score (nSPS) is 24.6. The molecule has 1 fully saturated rings. The van der Waals surface area contributed by atoms with Gasteiger partial charge in [0.15, 0.2) is 0 Å². The molecule has 4 nitrogen and oxygen atoms in total. The van der Waals surface area contributed by atoms with Crippen LogP contribution in [0.25, 0.3) is 0 Å². The summed E-state index contributed by atoms with van der Waals surface area (Å²) >= 11 is 0. The minimum atomic E-state index is -1.13. The van der Waals surface area contributed by atoms with Gasteiger partial charge in [0.2, 0.25) is 5.79 Å². The molecule has 4 heteroatoms. The Balaban J connectivity index is 2.44. The highest BCUT2D eigenvalue weighted by Gasteiger charge is 2.35. The Hall–Kier alpha value is -0.160. The average molecular weight is 148 g/mol. The summed E-state index contributed by atoms with van der Waals surface area (Å²) in [6.07, 6.45) is 4.05. The standard InChI is InChI=1S/C6H12O4/c7-9-6(10-8)4-2-1-3-5-6/h7-8H,1-5H2. The third-order valence-electron chi connectivity index (χ3n) is 1.95. The summed E-state index contributed by atoms with van der Waals surface area (Å²) in [5.74, 6) is -1.13. The molecule has 0 spiro atoms. The van der Waals surface area contributed by atoms with Gasteiger partial charge in [-0.05, 0) is 12.8 Å². The van der Waals surface area contributed by atoms with E-state index in [0.29, 0.717) is 12.8 Å². The van der Waals surface area contributed by atoms with Gasteiger partial charge in [-0.1, -0.05) is 6.42 Å². The van der Waals surface area contributed by atoms with Gasteiger partial charge < -0.3 is 0 Å². The van der Waals surface area contributed by atoms with Crippen molar-refractivity contribution in [1.82, 2.24) is 0 Å². The maximum atomic E-state index is 8.36. The minimum Gasteiger partial charge on any atom is -0.249 e. The van der Waals surface area contributed by atoms with Crippen molar-refractivity contribution in [1.29, 1.82) is 0 Å². The van der Waals surface area contributed by atoms with Crippen molar-refractivity contribution in [3.63, 3.8) is 0 Å². The van der Waals surface area contributed by atoms with Crippen LogP contribution in [0.15, 0.2) is 0 Å². The molecule has 0 amide bonds. The highest BCUT2D eigenvalue weighted by Crippen LogP contribution is 2.30. The summed E-state index contributed by atoms with van der Waals surface area (Å²) in [6, 6.07) is 0. The van der Waals surface area contributed by atoms with E-state index in [4.69, 9.17) is 10.5 Å². The molecule has 10 heavy (non-hydrogen) atoms. The quantitative estimate of drug-likeness (QED) is 0.355. The first-order valence-electron chi connectivity index (χ1n) is 3.48. The predicted octanol–water partition coefficient (Wildman–Crippen LogP) is 1.63. The number of hydrogen-bond acceptors (Lipinski definition) is 4. The van der Waals surface area contributed by atoms with Crippen LogP contribution in [0.1, 0.15) is 32.1 Å². The molecule has 0 aromatic rings. The topological polar surface area (TPSA) is 58.9 Å². The van der Waals surface area contributed by atoms with Gasteiger partial charge in [-0.3, -0.25) is 0 Å². The lowest BCUT2D eigenvalue weighted by atomic mass is 9.95. The first kappa shape index (κ1) is 7.94. The monoisotopic (exact) mass is 148 g/mol. The zero-order valence-electron chi connectivity index (χ0n) is 5.75. The van der Waals surface area contributed by atoms with Crippen LogP contribution < -0.4 is 0 Å². The number of rotatable bonds is 2. The number of hydrogen-bond donors (Lipinski definition) is 2. The van der Waals surface area contributed by atoms with Crippen molar-refractivity contribution in [2.45, 2.75) is 37.9 Å². The third-order valence-corrected chi connectivity index (χ3v) is 1.95. The molecule has 2 N–H and O–H groups in total. The summed E-state index contributed by atoms with van der Waals surface area (Å²) in [7, 11) is 0. The van der Waals surface area contributed by atoms with Crippen LogP contribution in [0.3, 0.4) is 0 Å². The Morgan fingerprint density at radius 3 is 1.70 bits per heavy atom. The van der Waals surface area contributed by atoms with Crippen LogP contribution in [-0.2, 0) is 9.78 Å². The highest BCUT2D eigenvalue weighted by atomic mass is 17.2. The SMILES string of the molecule is OOC1(OO)CCCCC1. The fourth-order valence-electron chi connectivity index (χ4n) is 1.29. The lowest BCUT2D eigenvalue weighted by Gasteiger charge is -2.29. The Morgan fingerprint density at radius 2 is 1.40 bits per heavy atom. The van der Waals surface area contributed by atoms with Gasteiger partial charge in [-0.25, -0.2) is 20.3 Å². The van der Waals surface area contributed by atoms with Crippen LogP contribution in [-0.4, -0.2) is 16.3 Å². The van der Waals surface area contributed by atoms with Gasteiger partial charge in [0.1, 0.15) is 0 Å². The lowest BCUT2D eigenvalue weighted by molar-refractivity contribution is -0.492. The largest absolute Gasteiger partial charge is 0.249 e. The van der Waals surface area contributed by atoms with E-state index in [-0.39, 0.29) is 0 Å². The van der Waals surface area contributed by atoms with Crippen LogP contribution in [0.5, 0.6) is 0 Å². The van der Waals surface area contributed by atoms with E-state index < -0.39 is 5.79 Å². The van der Waals surface area contributed by atoms with Gasteiger partial charge in [0, 0.05) is 12.8 Å². The summed E-state index contributed by atoms with van der Waals surface area (Å²) in [5.41, 5.74) is 0. The third kappa shape index (κ3) is 1.46. The summed E-state index contributed by atoms with van der Waals surface area (Å²) in [5, 5.41) is 16.7. The maximum absolute atomic E-state index is 8.36. The molecule has 0 unspecified atom stereocenters. The maximum Gasteiger partial charge on any atom is 0.233 e. The van der Waals surface area contributed by atoms with E-state index in [9.17, 15) is 0 Å². The smallest absolute Gasteiger partial charge is 0.233 e. The van der Waals surface area contributed by atoms with E-state index in [0.717, 1.165) is 19.3 Å². The molecule has 1 aliphatic rings. The van der Waals surface area contributed by atoms with Crippen molar-refractivity contribution >= 4 is 0 Å². The molecule has 1 rings (SSSR count). The molecule has 0 bridgehead atoms. The summed E-state index contributed by atoms with van der Waals surface area (Å²) in [6.45, 7) is 0. The van der Waals surface area contributed by atoms with E-state index in [2.05, 4.69) is 9.78 Å². The van der Waals surface area contributed by atoms with Crippen LogP contribution in [0.4, 0.5) is 0 Å². The van der Waals surface area contributed by atoms with E-state index >= 15 is 0 Å². The Kier molecular flexibility index (Phi) is 2.62. The van der Waals surface area contributed by atoms with Gasteiger partial charge in [0.25, 0.3) is 0 Å². The molecule has 0 saturated heterocycles. The van der Waals surface area contributed by atoms with Crippen molar-refractivity contribution in [2.75, 3.05) is 0 Å². The van der Waals surface area contributed by atoms with Gasteiger partial charge in [-0.2, -0.15) is 0 Å². The Bertz CT molecular complexity index is 91.9. The van der Waals surface area contributed by atoms with Crippen molar-refractivity contribution in [3.8, 4) is 0 Å². The molecular weight excluding hydrogens is 136 g/mol. The molecular formula is C6H12O4. The fourth-order valence-corrected chi connectivity index (χ4v) is 1.29. The van der Waals surface area contributed by atoms with E-state index in [1.807, 2.05) is 0 Å². The molecule has 0 aliphatic heterocycles. The molecule has 0 atom stereocenters. The summed E-state index contributed by atoms with van der Waals surface area (Å²) in [4.78, 5) is 8.11. The molecule has 0 aromatic heterocycles. The zero-order valence-corrected chi connectivity index (χ0v) is 5.75. The fraction of sp³-hybridized carbons (Fsp3) is 1.00. The molecule has 0 radical (unpaired) electrons. The van der Waals surface area contributed by atoms with E-state index in [1.165, 1.54) is 0 Å². The predicted molar refractivity (Wildman–Crippen MR) is 33.2 cm³/mol. The second-order valence-corrected chi connectivity index (χ2v) is 2.65. The Labute approximate surface area is 59.2 Å². The lowest BCUT2D eigenvalue weighted by Crippen LogP contribution is -2.36. The second-order valence-electron chi connectivity index (χ2n) is 2.65. The van der Waals surface area contributed by atoms with Crippen LogP contribution in [0, 0.1) is 0 Å². The molecule has 1 aliphatic carbocycles. The van der Waals surface area contributed by atoms with Crippen LogP contribution in [0.2, 0.25) is 0 Å². The zero-order chi connectivity index (χ0) is 7.45. The highest BCUT2D eigenvalue weighted by molar-refractivity contribution is 4.72. The van der Waals surface area contributed by atoms with Gasteiger partial charge in [-0.15, -0.1) is 0 Å². The minimum absolute atomic E-state index is 0.556. The Morgan fingerprint density at radius 1 is 0.900 bits per heavy atom.